The average Bonchev–Trinajstić information content (AvgIpc) is 2.84. The molecule has 0 fully saturated rings. The van der Waals surface area contributed by atoms with Gasteiger partial charge in [-0.15, -0.1) is 10.2 Å². The van der Waals surface area contributed by atoms with Crippen molar-refractivity contribution in [2.75, 3.05) is 10.7 Å². The molecule has 92 valence electrons. The Morgan fingerprint density at radius 1 is 1.11 bits per heavy atom. The Balaban J connectivity index is 2.00. The van der Waals surface area contributed by atoms with Gasteiger partial charge in [0.25, 0.3) is 0 Å². The maximum absolute atomic E-state index is 11.5. The third-order valence-corrected chi connectivity index (χ3v) is 2.01. The number of carbonyl (C=O) groups is 2. The highest BCUT2D eigenvalue weighted by atomic mass is 16.3. The molecule has 1 aromatic carbocycles. The van der Waals surface area contributed by atoms with Crippen LogP contribution in [0.1, 0.15) is 0 Å². The van der Waals surface area contributed by atoms with Crippen molar-refractivity contribution in [2.24, 2.45) is 0 Å². The number of aromatic nitrogens is 3. The van der Waals surface area contributed by atoms with E-state index >= 15 is 0 Å². The van der Waals surface area contributed by atoms with E-state index in [1.165, 1.54) is 24.8 Å². The number of anilines is 1. The number of amides is 2. The molecule has 8 nitrogen and oxygen atoms in total. The van der Waals surface area contributed by atoms with Gasteiger partial charge >= 0.3 is 11.8 Å². The number of aromatic hydroxyl groups is 1. The fourth-order valence-electron chi connectivity index (χ4n) is 1.18. The molecule has 3 N–H and O–H groups in total. The first-order valence-corrected chi connectivity index (χ1v) is 4.92. The first-order valence-electron chi connectivity index (χ1n) is 4.92. The van der Waals surface area contributed by atoms with E-state index in [9.17, 15) is 14.7 Å². The summed E-state index contributed by atoms with van der Waals surface area (Å²) in [6.45, 7) is 0. The Hall–Kier alpha value is -2.90. The summed E-state index contributed by atoms with van der Waals surface area (Å²) in [4.78, 5) is 22.9. The molecule has 2 aromatic rings. The molecule has 1 heterocycles. The van der Waals surface area contributed by atoms with E-state index in [-0.39, 0.29) is 11.4 Å². The van der Waals surface area contributed by atoms with Gasteiger partial charge in [0, 0.05) is 0 Å². The Morgan fingerprint density at radius 3 is 2.44 bits per heavy atom. The van der Waals surface area contributed by atoms with Gasteiger partial charge in [0.2, 0.25) is 0 Å². The SMILES string of the molecule is O=C(Nc1ccccc1O)C(=O)Nn1cnnc1. The van der Waals surface area contributed by atoms with Crippen LogP contribution in [0.3, 0.4) is 0 Å². The molecule has 0 aliphatic carbocycles. The molecule has 8 heteroatoms. The first-order chi connectivity index (χ1) is 8.66. The minimum absolute atomic E-state index is 0.122. The van der Waals surface area contributed by atoms with Crippen LogP contribution >= 0.6 is 0 Å². The molecule has 0 atom stereocenters. The van der Waals surface area contributed by atoms with Gasteiger partial charge in [-0.1, -0.05) is 12.1 Å². The number of carbonyl (C=O) groups excluding carboxylic acids is 2. The topological polar surface area (TPSA) is 109 Å². The van der Waals surface area contributed by atoms with Gasteiger partial charge in [0.05, 0.1) is 5.69 Å². The maximum Gasteiger partial charge on any atom is 0.328 e. The highest BCUT2D eigenvalue weighted by Crippen LogP contribution is 2.21. The van der Waals surface area contributed by atoms with E-state index in [2.05, 4.69) is 20.9 Å². The number of hydrogen-bond acceptors (Lipinski definition) is 5. The largest absolute Gasteiger partial charge is 0.506 e. The second kappa shape index (κ2) is 4.95. The van der Waals surface area contributed by atoms with Crippen molar-refractivity contribution in [3.8, 4) is 5.75 Å². The van der Waals surface area contributed by atoms with E-state index in [1.807, 2.05) is 0 Å². The van der Waals surface area contributed by atoms with Crippen LogP contribution < -0.4 is 10.7 Å². The maximum atomic E-state index is 11.5. The number of phenolic OH excluding ortho intramolecular Hbond substituents is 1. The van der Waals surface area contributed by atoms with Crippen LogP contribution in [0, 0.1) is 0 Å². The number of benzene rings is 1. The summed E-state index contributed by atoms with van der Waals surface area (Å²) in [6.07, 6.45) is 2.45. The first kappa shape index (κ1) is 11.6. The third-order valence-electron chi connectivity index (χ3n) is 2.01. The zero-order valence-corrected chi connectivity index (χ0v) is 9.07. The minimum Gasteiger partial charge on any atom is -0.506 e. The molecular weight excluding hydrogens is 238 g/mol. The predicted molar refractivity (Wildman–Crippen MR) is 61.1 cm³/mol. The summed E-state index contributed by atoms with van der Waals surface area (Å²) in [5.74, 6) is -1.94. The van der Waals surface area contributed by atoms with Gasteiger partial charge in [-0.3, -0.25) is 15.0 Å². The van der Waals surface area contributed by atoms with E-state index < -0.39 is 11.8 Å². The predicted octanol–water partition coefficient (Wildman–Crippen LogP) is -0.308. The standard InChI is InChI=1S/C10H9N5O3/c16-8-4-2-1-3-7(8)13-9(17)10(18)14-15-5-11-12-6-15/h1-6,16H,(H,13,17)(H,14,18). The molecule has 0 aliphatic heterocycles. The molecule has 0 aliphatic rings. The molecule has 0 spiro atoms. The Morgan fingerprint density at radius 2 is 1.78 bits per heavy atom. The monoisotopic (exact) mass is 247 g/mol. The number of phenols is 1. The van der Waals surface area contributed by atoms with Gasteiger partial charge in [0.15, 0.2) is 0 Å². The average molecular weight is 247 g/mol. The normalized spacial score (nSPS) is 9.78. The molecular formula is C10H9N5O3. The molecule has 0 radical (unpaired) electrons. The zero-order valence-electron chi connectivity index (χ0n) is 9.07. The quantitative estimate of drug-likeness (QED) is 0.498. The Kier molecular flexibility index (Phi) is 3.19. The number of hydrogen-bond donors (Lipinski definition) is 3. The van der Waals surface area contributed by atoms with Gasteiger partial charge in [0.1, 0.15) is 18.4 Å². The molecule has 0 saturated carbocycles. The van der Waals surface area contributed by atoms with Crippen LogP contribution in [-0.4, -0.2) is 31.8 Å². The molecule has 2 rings (SSSR count). The Bertz CT molecular complexity index is 567. The lowest BCUT2D eigenvalue weighted by Gasteiger charge is -2.07. The van der Waals surface area contributed by atoms with Crippen LogP contribution in [-0.2, 0) is 9.59 Å². The number of para-hydroxylation sites is 2. The number of nitrogens with zero attached hydrogens (tertiary/aromatic N) is 3. The second-order valence-corrected chi connectivity index (χ2v) is 3.28. The lowest BCUT2D eigenvalue weighted by Crippen LogP contribution is -2.33. The summed E-state index contributed by atoms with van der Waals surface area (Å²) in [6, 6.07) is 6.09. The molecule has 0 saturated heterocycles. The molecule has 0 bridgehead atoms. The van der Waals surface area contributed by atoms with Crippen molar-refractivity contribution in [1.82, 2.24) is 14.9 Å². The van der Waals surface area contributed by atoms with Gasteiger partial charge < -0.3 is 10.4 Å². The van der Waals surface area contributed by atoms with E-state index in [4.69, 9.17) is 0 Å². The van der Waals surface area contributed by atoms with Crippen molar-refractivity contribution < 1.29 is 14.7 Å². The second-order valence-electron chi connectivity index (χ2n) is 3.28. The lowest BCUT2D eigenvalue weighted by molar-refractivity contribution is -0.133. The fourth-order valence-corrected chi connectivity index (χ4v) is 1.18. The van der Waals surface area contributed by atoms with Gasteiger partial charge in [-0.05, 0) is 12.1 Å². The van der Waals surface area contributed by atoms with Crippen LogP contribution in [0.15, 0.2) is 36.9 Å². The zero-order chi connectivity index (χ0) is 13.0. The molecule has 0 unspecified atom stereocenters. The summed E-state index contributed by atoms with van der Waals surface area (Å²) >= 11 is 0. The highest BCUT2D eigenvalue weighted by molar-refractivity contribution is 6.42. The van der Waals surface area contributed by atoms with Gasteiger partial charge in [-0.2, -0.15) is 0 Å². The van der Waals surface area contributed by atoms with Crippen molar-refractivity contribution in [3.05, 3.63) is 36.9 Å². The van der Waals surface area contributed by atoms with E-state index in [0.717, 1.165) is 4.68 Å². The molecule has 1 aromatic heterocycles. The van der Waals surface area contributed by atoms with Crippen LogP contribution in [0.2, 0.25) is 0 Å². The summed E-state index contributed by atoms with van der Waals surface area (Å²) < 4.78 is 1.13. The van der Waals surface area contributed by atoms with Crippen LogP contribution in [0.4, 0.5) is 5.69 Å². The fraction of sp³-hybridized carbons (Fsp3) is 0. The highest BCUT2D eigenvalue weighted by Gasteiger charge is 2.15. The van der Waals surface area contributed by atoms with E-state index in [0.29, 0.717) is 0 Å². The summed E-state index contributed by atoms with van der Waals surface area (Å²) in [5.41, 5.74) is 2.37. The number of nitrogens with one attached hydrogen (secondary N) is 2. The van der Waals surface area contributed by atoms with Gasteiger partial charge in [-0.25, -0.2) is 4.68 Å². The summed E-state index contributed by atoms with van der Waals surface area (Å²) in [7, 11) is 0. The van der Waals surface area contributed by atoms with Crippen LogP contribution in [0.25, 0.3) is 0 Å². The minimum atomic E-state index is -0.912. The van der Waals surface area contributed by atoms with Crippen molar-refractivity contribution in [3.63, 3.8) is 0 Å². The van der Waals surface area contributed by atoms with Crippen molar-refractivity contribution >= 4 is 17.5 Å². The smallest absolute Gasteiger partial charge is 0.328 e. The molecule has 18 heavy (non-hydrogen) atoms. The van der Waals surface area contributed by atoms with Crippen molar-refractivity contribution in [1.29, 1.82) is 0 Å². The molecule has 2 amide bonds. The van der Waals surface area contributed by atoms with Crippen LogP contribution in [0.5, 0.6) is 5.75 Å². The number of rotatable bonds is 2. The summed E-state index contributed by atoms with van der Waals surface area (Å²) in [5, 5.41) is 18.6. The van der Waals surface area contributed by atoms with E-state index in [1.54, 1.807) is 12.1 Å². The van der Waals surface area contributed by atoms with Crippen molar-refractivity contribution in [2.45, 2.75) is 0 Å². The lowest BCUT2D eigenvalue weighted by atomic mass is 10.3. The Labute approximate surface area is 101 Å². The third kappa shape index (κ3) is 2.61.